The van der Waals surface area contributed by atoms with Crippen molar-refractivity contribution in [3.05, 3.63) is 12.7 Å². The molecule has 1 aliphatic rings. The zero-order valence-corrected chi connectivity index (χ0v) is 11.3. The molecule has 0 aromatic carbocycles. The van der Waals surface area contributed by atoms with Crippen LogP contribution in [0.5, 0.6) is 0 Å². The van der Waals surface area contributed by atoms with Crippen LogP contribution in [-0.2, 0) is 0 Å². The molecule has 0 nitrogen and oxygen atoms in total. The fourth-order valence-corrected chi connectivity index (χ4v) is 13.7. The van der Waals surface area contributed by atoms with E-state index in [0.29, 0.717) is 0 Å². The van der Waals surface area contributed by atoms with Crippen LogP contribution in [0.1, 0.15) is 26.7 Å². The average Bonchev–Trinajstić information content (AvgIpc) is 2.19. The molecule has 2 atom stereocenters. The molecule has 0 radical (unpaired) electrons. The first kappa shape index (κ1) is 10.1. The van der Waals surface area contributed by atoms with Crippen LogP contribution in [0.4, 0.5) is 0 Å². The topological polar surface area (TPSA) is 0 Å². The summed E-state index contributed by atoms with van der Waals surface area (Å²) in [6.45, 7) is 8.69. The summed E-state index contributed by atoms with van der Waals surface area (Å²) in [5, 5.41) is 0. The van der Waals surface area contributed by atoms with Crippen LogP contribution < -0.4 is 0 Å². The number of hydrogen-bond donors (Lipinski definition) is 0. The van der Waals surface area contributed by atoms with E-state index in [2.05, 4.69) is 39.3 Å². The molecule has 0 aromatic heterocycles. The van der Waals surface area contributed by atoms with Crippen LogP contribution in [0, 0.1) is 0 Å². The van der Waals surface area contributed by atoms with Crippen molar-refractivity contribution in [1.29, 1.82) is 0 Å². The van der Waals surface area contributed by atoms with Gasteiger partial charge in [0.05, 0.1) is 0 Å². The zero-order valence-electron chi connectivity index (χ0n) is 7.35. The SMILES string of the molecule is C=CC[Te]1(Br)C(C)CCC1C. The molecule has 0 amide bonds. The number of halogens is 1. The van der Waals surface area contributed by atoms with Crippen LogP contribution in [0.15, 0.2) is 12.7 Å². The second-order valence-electron chi connectivity index (χ2n) is 3.41. The number of allylic oxidation sites excluding steroid dienone is 1. The monoisotopic (exact) mass is 334 g/mol. The Hall–Kier alpha value is 1.01. The van der Waals surface area contributed by atoms with E-state index in [1.54, 1.807) is 0 Å². The van der Waals surface area contributed by atoms with Crippen LogP contribution in [0.2, 0.25) is 12.4 Å². The van der Waals surface area contributed by atoms with Crippen molar-refractivity contribution in [1.82, 2.24) is 0 Å². The van der Waals surface area contributed by atoms with Gasteiger partial charge in [0, 0.05) is 0 Å². The van der Waals surface area contributed by atoms with E-state index in [1.165, 1.54) is 17.3 Å². The molecule has 0 N–H and O–H groups in total. The summed E-state index contributed by atoms with van der Waals surface area (Å²) < 4.78 is 3.28. The Kier molecular flexibility index (Phi) is 3.50. The Morgan fingerprint density at radius 3 is 2.27 bits per heavy atom. The molecule has 1 aliphatic heterocycles. The summed E-state index contributed by atoms with van der Waals surface area (Å²) in [5.41, 5.74) is 0. The Bertz CT molecular complexity index is 146. The standard InChI is InChI=1S/C9H17BrTe/c1-4-7-11(10)8(2)5-6-9(11)3/h4,8-9H,1,5-7H2,2-3H3. The summed E-state index contributed by atoms with van der Waals surface area (Å²) in [4.78, 5) is 0. The normalized spacial score (nSPS) is 50.1. The second kappa shape index (κ2) is 3.81. The Balaban J connectivity index is 2.70. The Morgan fingerprint density at radius 2 is 1.91 bits per heavy atom. The van der Waals surface area contributed by atoms with E-state index < -0.39 is 16.0 Å². The van der Waals surface area contributed by atoms with E-state index in [1.807, 2.05) is 0 Å². The first-order valence-corrected chi connectivity index (χ1v) is 13.8. The Morgan fingerprint density at radius 1 is 1.45 bits per heavy atom. The number of hydrogen-bond acceptors (Lipinski definition) is 0. The van der Waals surface area contributed by atoms with Gasteiger partial charge in [0.2, 0.25) is 0 Å². The van der Waals surface area contributed by atoms with Crippen molar-refractivity contribution in [3.8, 4) is 0 Å². The summed E-state index contributed by atoms with van der Waals surface area (Å²) in [6, 6.07) is 0. The van der Waals surface area contributed by atoms with Crippen LogP contribution in [-0.4, -0.2) is 16.0 Å². The average molecular weight is 333 g/mol. The van der Waals surface area contributed by atoms with Crippen LogP contribution in [0.25, 0.3) is 0 Å². The third-order valence-electron chi connectivity index (χ3n) is 2.69. The molecule has 0 aromatic rings. The maximum atomic E-state index is 4.06. The predicted octanol–water partition coefficient (Wildman–Crippen LogP) is 4.09. The third kappa shape index (κ3) is 1.84. The molecule has 1 rings (SSSR count). The summed E-state index contributed by atoms with van der Waals surface area (Å²) in [6.07, 6.45) is 5.01. The van der Waals surface area contributed by atoms with Gasteiger partial charge in [-0.2, -0.15) is 0 Å². The van der Waals surface area contributed by atoms with E-state index in [9.17, 15) is 0 Å². The molecule has 2 unspecified atom stereocenters. The maximum absolute atomic E-state index is 4.06. The van der Waals surface area contributed by atoms with Crippen molar-refractivity contribution >= 4 is 28.7 Å². The van der Waals surface area contributed by atoms with Gasteiger partial charge >= 0.3 is 80.5 Å². The van der Waals surface area contributed by atoms with Gasteiger partial charge in [-0.05, 0) is 0 Å². The molecule has 2 heteroatoms. The van der Waals surface area contributed by atoms with Gasteiger partial charge in [-0.3, -0.25) is 0 Å². The third-order valence-corrected chi connectivity index (χ3v) is 24.1. The van der Waals surface area contributed by atoms with Crippen molar-refractivity contribution in [2.75, 3.05) is 0 Å². The molecular formula is C9H17BrTe. The molecule has 66 valence electrons. The van der Waals surface area contributed by atoms with Gasteiger partial charge in [-0.25, -0.2) is 0 Å². The first-order chi connectivity index (χ1) is 5.11. The van der Waals surface area contributed by atoms with Crippen molar-refractivity contribution in [2.45, 2.75) is 39.1 Å². The summed E-state index contributed by atoms with van der Waals surface area (Å²) in [7, 11) is 0. The van der Waals surface area contributed by atoms with E-state index in [0.717, 1.165) is 7.93 Å². The van der Waals surface area contributed by atoms with Gasteiger partial charge in [-0.15, -0.1) is 0 Å². The number of rotatable bonds is 2. The minimum absolute atomic E-state index is 0.991. The second-order valence-corrected chi connectivity index (χ2v) is 21.4. The van der Waals surface area contributed by atoms with Gasteiger partial charge in [0.25, 0.3) is 0 Å². The molecule has 0 saturated carbocycles. The molecular weight excluding hydrogens is 316 g/mol. The van der Waals surface area contributed by atoms with E-state index in [4.69, 9.17) is 0 Å². The fraction of sp³-hybridized carbons (Fsp3) is 0.778. The molecule has 1 fully saturated rings. The minimum atomic E-state index is -1.63. The molecule has 11 heavy (non-hydrogen) atoms. The quantitative estimate of drug-likeness (QED) is 0.528. The van der Waals surface area contributed by atoms with Crippen LogP contribution >= 0.6 is 12.8 Å². The van der Waals surface area contributed by atoms with Crippen molar-refractivity contribution in [2.24, 2.45) is 0 Å². The summed E-state index contributed by atoms with van der Waals surface area (Å²) in [5.74, 6) is 0. The summed E-state index contributed by atoms with van der Waals surface area (Å²) >= 11 is 2.42. The predicted molar refractivity (Wildman–Crippen MR) is 57.8 cm³/mol. The molecule has 0 aliphatic carbocycles. The molecule has 1 heterocycles. The van der Waals surface area contributed by atoms with Gasteiger partial charge in [0.1, 0.15) is 0 Å². The first-order valence-electron chi connectivity index (χ1n) is 4.20. The zero-order chi connectivity index (χ0) is 8.48. The van der Waals surface area contributed by atoms with E-state index in [-0.39, 0.29) is 0 Å². The van der Waals surface area contributed by atoms with Gasteiger partial charge in [0.15, 0.2) is 0 Å². The van der Waals surface area contributed by atoms with Gasteiger partial charge < -0.3 is 0 Å². The van der Waals surface area contributed by atoms with Crippen LogP contribution in [0.3, 0.4) is 0 Å². The molecule has 0 spiro atoms. The fourth-order valence-electron chi connectivity index (χ4n) is 1.77. The van der Waals surface area contributed by atoms with Crippen molar-refractivity contribution in [3.63, 3.8) is 0 Å². The molecule has 1 saturated heterocycles. The van der Waals surface area contributed by atoms with Crippen molar-refractivity contribution < 1.29 is 0 Å². The van der Waals surface area contributed by atoms with E-state index >= 15 is 0 Å². The Labute approximate surface area is 80.1 Å². The van der Waals surface area contributed by atoms with Gasteiger partial charge in [-0.1, -0.05) is 0 Å². The molecule has 0 bridgehead atoms.